The topological polar surface area (TPSA) is 107 Å². The zero-order chi connectivity index (χ0) is 26.8. The second kappa shape index (κ2) is 10.5. The molecule has 1 N–H and O–H groups in total. The first kappa shape index (κ1) is 27.5. The van der Waals surface area contributed by atoms with Crippen LogP contribution in [0.1, 0.15) is 64.7 Å². The Labute approximate surface area is 212 Å². The zero-order valence-electron chi connectivity index (χ0n) is 21.8. The first-order chi connectivity index (χ1) is 16.8. The molecule has 7 heteroatoms. The lowest BCUT2D eigenvalue weighted by Crippen LogP contribution is -2.50. The van der Waals surface area contributed by atoms with E-state index in [2.05, 4.69) is 0 Å². The lowest BCUT2D eigenvalue weighted by Gasteiger charge is -2.36. The predicted molar refractivity (Wildman–Crippen MR) is 134 cm³/mol. The second-order valence-electron chi connectivity index (χ2n) is 10.7. The van der Waals surface area contributed by atoms with Crippen LogP contribution in [0.4, 0.5) is 0 Å². The number of benzene rings is 1. The van der Waals surface area contributed by atoms with Crippen molar-refractivity contribution in [3.63, 3.8) is 0 Å². The van der Waals surface area contributed by atoms with Crippen LogP contribution in [0.2, 0.25) is 0 Å². The maximum atomic E-state index is 14.0. The fourth-order valence-electron chi connectivity index (χ4n) is 5.16. The van der Waals surface area contributed by atoms with Crippen LogP contribution in [0.25, 0.3) is 0 Å². The number of fused-ring (bicyclic) bond motifs is 1. The molecule has 1 aromatic carbocycles. The summed E-state index contributed by atoms with van der Waals surface area (Å²) in [6.45, 7) is 9.94. The van der Waals surface area contributed by atoms with Gasteiger partial charge in [0.25, 0.3) is 0 Å². The molecule has 0 heterocycles. The van der Waals surface area contributed by atoms with E-state index < -0.39 is 47.0 Å². The standard InChI is InChI=1S/C29H36O7/c1-17-12-13-28(5,6)24(32)15-23(31)18(2)14-22-25(35-27(34)21-10-8-7-9-11-21)19(3)16-29(22,26(17)33)36-20(4)30/h7-14,17,19,22-23,25,31H,15-16H2,1-6H3/b13-12+,18-14+/t17-,19-,22+,23-,25+,29-/m1/s1. The minimum absolute atomic E-state index is 0.112. The molecule has 194 valence electrons. The van der Waals surface area contributed by atoms with Gasteiger partial charge in [0.2, 0.25) is 0 Å². The van der Waals surface area contributed by atoms with E-state index in [4.69, 9.17) is 9.47 Å². The van der Waals surface area contributed by atoms with Gasteiger partial charge in [0.15, 0.2) is 11.4 Å². The average Bonchev–Trinajstić information content (AvgIpc) is 3.07. The predicted octanol–water partition coefficient (Wildman–Crippen LogP) is 4.24. The molecular formula is C29H36O7. The number of allylic oxidation sites excluding steroid dienone is 2. The van der Waals surface area contributed by atoms with Crippen LogP contribution in [0.3, 0.4) is 0 Å². The minimum Gasteiger partial charge on any atom is -0.458 e. The highest BCUT2D eigenvalue weighted by atomic mass is 16.6. The number of aliphatic hydroxyl groups excluding tert-OH is 1. The highest BCUT2D eigenvalue weighted by Crippen LogP contribution is 2.48. The molecule has 2 aliphatic carbocycles. The summed E-state index contributed by atoms with van der Waals surface area (Å²) in [6.07, 6.45) is 3.12. The Bertz CT molecular complexity index is 1080. The lowest BCUT2D eigenvalue weighted by molar-refractivity contribution is -0.171. The SMILES string of the molecule is CC(=O)O[C@]12C[C@@H](C)[C@H](OC(=O)c3ccccc3)[C@@H]1/C=C(\C)[C@H](O)CC(=O)C(C)(C)/C=C/[C@@H](C)C2=O. The van der Waals surface area contributed by atoms with Crippen LogP contribution < -0.4 is 0 Å². The molecule has 2 aliphatic rings. The van der Waals surface area contributed by atoms with Gasteiger partial charge < -0.3 is 14.6 Å². The third-order valence-corrected chi connectivity index (χ3v) is 7.35. The Morgan fingerprint density at radius 1 is 1.08 bits per heavy atom. The average molecular weight is 497 g/mol. The van der Waals surface area contributed by atoms with E-state index >= 15 is 0 Å². The first-order valence-electron chi connectivity index (χ1n) is 12.4. The Kier molecular flexibility index (Phi) is 8.04. The second-order valence-corrected chi connectivity index (χ2v) is 10.7. The third-order valence-electron chi connectivity index (χ3n) is 7.35. The lowest BCUT2D eigenvalue weighted by atomic mass is 9.76. The maximum absolute atomic E-state index is 14.0. The van der Waals surface area contributed by atoms with E-state index in [1.165, 1.54) is 6.92 Å². The summed E-state index contributed by atoms with van der Waals surface area (Å²) in [7, 11) is 0. The largest absolute Gasteiger partial charge is 0.458 e. The van der Waals surface area contributed by atoms with Crippen molar-refractivity contribution < 1.29 is 33.8 Å². The molecule has 1 saturated carbocycles. The molecule has 0 aliphatic heterocycles. The molecule has 7 nitrogen and oxygen atoms in total. The van der Waals surface area contributed by atoms with Crippen LogP contribution in [-0.4, -0.2) is 46.4 Å². The van der Waals surface area contributed by atoms with E-state index in [9.17, 15) is 24.3 Å². The van der Waals surface area contributed by atoms with Gasteiger partial charge in [-0.05, 0) is 44.4 Å². The molecule has 0 unspecified atom stereocenters. The summed E-state index contributed by atoms with van der Waals surface area (Å²) >= 11 is 0. The van der Waals surface area contributed by atoms with Gasteiger partial charge in [-0.1, -0.05) is 50.3 Å². The summed E-state index contributed by atoms with van der Waals surface area (Å²) < 4.78 is 11.8. The van der Waals surface area contributed by atoms with Crippen molar-refractivity contribution in [2.75, 3.05) is 0 Å². The van der Waals surface area contributed by atoms with Crippen molar-refractivity contribution >= 4 is 23.5 Å². The van der Waals surface area contributed by atoms with Crippen LogP contribution in [0.5, 0.6) is 0 Å². The molecule has 0 saturated heterocycles. The van der Waals surface area contributed by atoms with Crippen LogP contribution in [-0.2, 0) is 23.9 Å². The molecule has 1 aromatic rings. The maximum Gasteiger partial charge on any atom is 0.338 e. The van der Waals surface area contributed by atoms with E-state index in [0.29, 0.717) is 11.1 Å². The van der Waals surface area contributed by atoms with Gasteiger partial charge in [-0.15, -0.1) is 0 Å². The Balaban J connectivity index is 2.15. The minimum atomic E-state index is -1.59. The van der Waals surface area contributed by atoms with Gasteiger partial charge in [0, 0.05) is 31.1 Å². The molecule has 0 amide bonds. The van der Waals surface area contributed by atoms with Crippen molar-refractivity contribution in [2.24, 2.45) is 23.2 Å². The number of carbonyl (C=O) groups excluding carboxylic acids is 4. The van der Waals surface area contributed by atoms with E-state index in [1.807, 2.05) is 6.92 Å². The normalized spacial score (nSPS) is 34.9. The summed E-state index contributed by atoms with van der Waals surface area (Å²) in [4.78, 5) is 52.2. The third kappa shape index (κ3) is 5.51. The number of aliphatic hydroxyl groups is 1. The van der Waals surface area contributed by atoms with Gasteiger partial charge >= 0.3 is 11.9 Å². The highest BCUT2D eigenvalue weighted by molar-refractivity contribution is 5.94. The van der Waals surface area contributed by atoms with Crippen LogP contribution in [0.15, 0.2) is 54.1 Å². The molecule has 0 bridgehead atoms. The number of Topliss-reactive ketones (excluding diaryl/α,β-unsaturated/α-hetero) is 2. The summed E-state index contributed by atoms with van der Waals surface area (Å²) in [5, 5.41) is 10.9. The van der Waals surface area contributed by atoms with Gasteiger partial charge in [-0.3, -0.25) is 14.4 Å². The molecule has 0 aromatic heterocycles. The summed E-state index contributed by atoms with van der Waals surface area (Å²) in [5.41, 5.74) is -1.68. The molecule has 0 spiro atoms. The number of esters is 2. The molecule has 3 rings (SSSR count). The quantitative estimate of drug-likeness (QED) is 0.493. The van der Waals surface area contributed by atoms with E-state index in [0.717, 1.165) is 0 Å². The fourth-order valence-corrected chi connectivity index (χ4v) is 5.16. The van der Waals surface area contributed by atoms with Crippen LogP contribution >= 0.6 is 0 Å². The van der Waals surface area contributed by atoms with Crippen molar-refractivity contribution in [1.82, 2.24) is 0 Å². The molecule has 1 fully saturated rings. The van der Waals surface area contributed by atoms with Crippen molar-refractivity contribution in [2.45, 2.75) is 72.2 Å². The molecular weight excluding hydrogens is 460 g/mol. The Morgan fingerprint density at radius 3 is 2.33 bits per heavy atom. The molecule has 0 radical (unpaired) electrons. The smallest absolute Gasteiger partial charge is 0.338 e. The molecule has 36 heavy (non-hydrogen) atoms. The zero-order valence-corrected chi connectivity index (χ0v) is 21.8. The number of ether oxygens (including phenoxy) is 2. The van der Waals surface area contributed by atoms with Gasteiger partial charge in [-0.2, -0.15) is 0 Å². The number of carbonyl (C=O) groups is 4. The van der Waals surface area contributed by atoms with E-state index in [1.54, 1.807) is 76.3 Å². The van der Waals surface area contributed by atoms with Crippen molar-refractivity contribution in [1.29, 1.82) is 0 Å². The van der Waals surface area contributed by atoms with Gasteiger partial charge in [-0.25, -0.2) is 4.79 Å². The van der Waals surface area contributed by atoms with Gasteiger partial charge in [0.05, 0.1) is 17.6 Å². The van der Waals surface area contributed by atoms with Crippen molar-refractivity contribution in [3.05, 3.63) is 59.7 Å². The van der Waals surface area contributed by atoms with Crippen LogP contribution in [0, 0.1) is 23.2 Å². The number of hydrogen-bond donors (Lipinski definition) is 1. The fraction of sp³-hybridized carbons (Fsp3) is 0.517. The van der Waals surface area contributed by atoms with Gasteiger partial charge in [0.1, 0.15) is 11.9 Å². The number of ketones is 2. The van der Waals surface area contributed by atoms with Crippen molar-refractivity contribution in [3.8, 4) is 0 Å². The molecule has 6 atom stereocenters. The monoisotopic (exact) mass is 496 g/mol. The number of rotatable bonds is 3. The number of hydrogen-bond acceptors (Lipinski definition) is 7. The van der Waals surface area contributed by atoms with E-state index in [-0.39, 0.29) is 30.3 Å². The summed E-state index contributed by atoms with van der Waals surface area (Å²) in [6, 6.07) is 8.52. The Hall–Kier alpha value is -3.06. The first-order valence-corrected chi connectivity index (χ1v) is 12.4. The summed E-state index contributed by atoms with van der Waals surface area (Å²) in [5.74, 6) is -3.53. The Morgan fingerprint density at radius 2 is 1.72 bits per heavy atom. The highest BCUT2D eigenvalue weighted by Gasteiger charge is 2.60.